The SMILES string of the molecule is COc1cc(OC)c(NC(=O)CN(C)Cc2ccccc2Br)cc1Cl. The maximum Gasteiger partial charge on any atom is 0.238 e. The maximum atomic E-state index is 12.3. The van der Waals surface area contributed by atoms with Crippen LogP contribution in [0, 0.1) is 0 Å². The first-order chi connectivity index (χ1) is 11.9. The third-order valence-corrected chi connectivity index (χ3v) is 4.63. The number of hydrogen-bond donors (Lipinski definition) is 1. The van der Waals surface area contributed by atoms with Crippen molar-refractivity contribution in [3.8, 4) is 11.5 Å². The molecule has 0 unspecified atom stereocenters. The molecule has 0 atom stereocenters. The van der Waals surface area contributed by atoms with Gasteiger partial charge in [-0.05, 0) is 24.7 Å². The quantitative estimate of drug-likeness (QED) is 0.720. The van der Waals surface area contributed by atoms with Crippen molar-refractivity contribution < 1.29 is 14.3 Å². The van der Waals surface area contributed by atoms with Gasteiger partial charge in [0, 0.05) is 17.1 Å². The second kappa shape index (κ2) is 9.08. The average molecular weight is 428 g/mol. The predicted molar refractivity (Wildman–Crippen MR) is 104 cm³/mol. The minimum Gasteiger partial charge on any atom is -0.495 e. The monoisotopic (exact) mass is 426 g/mol. The van der Waals surface area contributed by atoms with E-state index < -0.39 is 0 Å². The fraction of sp³-hybridized carbons (Fsp3) is 0.278. The number of nitrogens with one attached hydrogen (secondary N) is 1. The van der Waals surface area contributed by atoms with Crippen LogP contribution in [-0.4, -0.2) is 38.6 Å². The number of anilines is 1. The topological polar surface area (TPSA) is 50.8 Å². The molecule has 134 valence electrons. The van der Waals surface area contributed by atoms with Gasteiger partial charge in [-0.1, -0.05) is 45.7 Å². The molecule has 0 radical (unpaired) electrons. The molecule has 1 N–H and O–H groups in total. The van der Waals surface area contributed by atoms with Crippen LogP contribution in [0.5, 0.6) is 11.5 Å². The summed E-state index contributed by atoms with van der Waals surface area (Å²) in [5.74, 6) is 0.819. The van der Waals surface area contributed by atoms with Crippen molar-refractivity contribution in [1.82, 2.24) is 4.90 Å². The molecular formula is C18H20BrClN2O3. The molecule has 0 aliphatic rings. The molecule has 5 nitrogen and oxygen atoms in total. The van der Waals surface area contributed by atoms with Crippen LogP contribution in [0.25, 0.3) is 0 Å². The van der Waals surface area contributed by atoms with E-state index in [4.69, 9.17) is 21.1 Å². The zero-order valence-corrected chi connectivity index (χ0v) is 16.6. The Morgan fingerprint density at radius 2 is 1.88 bits per heavy atom. The van der Waals surface area contributed by atoms with E-state index in [1.165, 1.54) is 14.2 Å². The molecule has 2 aromatic carbocycles. The van der Waals surface area contributed by atoms with Crippen LogP contribution in [0.2, 0.25) is 5.02 Å². The van der Waals surface area contributed by atoms with E-state index in [2.05, 4.69) is 21.2 Å². The molecule has 2 rings (SSSR count). The summed E-state index contributed by atoms with van der Waals surface area (Å²) in [6.45, 7) is 0.878. The van der Waals surface area contributed by atoms with Gasteiger partial charge in [0.2, 0.25) is 5.91 Å². The number of methoxy groups -OCH3 is 2. The van der Waals surface area contributed by atoms with E-state index in [0.717, 1.165) is 10.0 Å². The van der Waals surface area contributed by atoms with Crippen molar-refractivity contribution in [2.45, 2.75) is 6.54 Å². The summed E-state index contributed by atoms with van der Waals surface area (Å²) in [5.41, 5.74) is 1.62. The molecule has 0 bridgehead atoms. The van der Waals surface area contributed by atoms with Gasteiger partial charge >= 0.3 is 0 Å². The fourth-order valence-electron chi connectivity index (χ4n) is 2.37. The summed E-state index contributed by atoms with van der Waals surface area (Å²) < 4.78 is 11.5. The van der Waals surface area contributed by atoms with Gasteiger partial charge in [0.1, 0.15) is 11.5 Å². The zero-order valence-electron chi connectivity index (χ0n) is 14.3. The summed E-state index contributed by atoms with van der Waals surface area (Å²) in [5, 5.41) is 3.23. The molecule has 0 aliphatic heterocycles. The summed E-state index contributed by atoms with van der Waals surface area (Å²) in [7, 11) is 4.93. The lowest BCUT2D eigenvalue weighted by molar-refractivity contribution is -0.117. The number of ether oxygens (including phenoxy) is 2. The Kier molecular flexibility index (Phi) is 7.11. The summed E-state index contributed by atoms with van der Waals surface area (Å²) in [6.07, 6.45) is 0. The van der Waals surface area contributed by atoms with Crippen molar-refractivity contribution in [3.63, 3.8) is 0 Å². The first kappa shape index (κ1) is 19.6. The van der Waals surface area contributed by atoms with E-state index in [9.17, 15) is 4.79 Å². The van der Waals surface area contributed by atoms with Crippen LogP contribution in [0.4, 0.5) is 5.69 Å². The van der Waals surface area contributed by atoms with Gasteiger partial charge in [-0.3, -0.25) is 9.69 Å². The largest absolute Gasteiger partial charge is 0.495 e. The highest BCUT2D eigenvalue weighted by atomic mass is 79.9. The van der Waals surface area contributed by atoms with Gasteiger partial charge in [0.05, 0.1) is 31.5 Å². The molecular weight excluding hydrogens is 408 g/mol. The molecule has 0 aromatic heterocycles. The van der Waals surface area contributed by atoms with Crippen LogP contribution in [0.1, 0.15) is 5.56 Å². The first-order valence-electron chi connectivity index (χ1n) is 7.58. The lowest BCUT2D eigenvalue weighted by Gasteiger charge is -2.18. The van der Waals surface area contributed by atoms with Crippen molar-refractivity contribution in [2.24, 2.45) is 0 Å². The number of benzene rings is 2. The number of hydrogen-bond acceptors (Lipinski definition) is 4. The zero-order chi connectivity index (χ0) is 18.4. The Morgan fingerprint density at radius 1 is 1.20 bits per heavy atom. The van der Waals surface area contributed by atoms with Gasteiger partial charge in [-0.15, -0.1) is 0 Å². The minimum atomic E-state index is -0.158. The molecule has 0 saturated carbocycles. The van der Waals surface area contributed by atoms with E-state index in [1.54, 1.807) is 12.1 Å². The van der Waals surface area contributed by atoms with Crippen molar-refractivity contribution in [1.29, 1.82) is 0 Å². The van der Waals surface area contributed by atoms with E-state index in [0.29, 0.717) is 28.8 Å². The van der Waals surface area contributed by atoms with Crippen LogP contribution in [-0.2, 0) is 11.3 Å². The molecule has 2 aromatic rings. The Labute approximate surface area is 161 Å². The molecule has 1 amide bonds. The number of likely N-dealkylation sites (N-methyl/N-ethyl adjacent to an activating group) is 1. The third kappa shape index (κ3) is 5.36. The molecule has 0 aliphatic carbocycles. The van der Waals surface area contributed by atoms with E-state index in [-0.39, 0.29) is 12.5 Å². The summed E-state index contributed by atoms with van der Waals surface area (Å²) in [6, 6.07) is 11.2. The molecule has 0 heterocycles. The Hall–Kier alpha value is -1.76. The van der Waals surface area contributed by atoms with E-state index in [1.807, 2.05) is 36.2 Å². The van der Waals surface area contributed by atoms with Gasteiger partial charge in [-0.2, -0.15) is 0 Å². The highest BCUT2D eigenvalue weighted by Crippen LogP contribution is 2.35. The minimum absolute atomic E-state index is 0.158. The third-order valence-electron chi connectivity index (χ3n) is 3.56. The fourth-order valence-corrected chi connectivity index (χ4v) is 3.02. The second-order valence-electron chi connectivity index (χ2n) is 5.50. The normalized spacial score (nSPS) is 10.6. The number of nitrogens with zero attached hydrogens (tertiary/aromatic N) is 1. The average Bonchev–Trinajstić information content (AvgIpc) is 2.57. The number of halogens is 2. The van der Waals surface area contributed by atoms with Gasteiger partial charge in [0.15, 0.2) is 0 Å². The predicted octanol–water partition coefficient (Wildman–Crippen LogP) is 4.19. The van der Waals surface area contributed by atoms with Gasteiger partial charge < -0.3 is 14.8 Å². The summed E-state index contributed by atoms with van der Waals surface area (Å²) in [4.78, 5) is 14.3. The molecule has 0 saturated heterocycles. The van der Waals surface area contributed by atoms with Crippen molar-refractivity contribution in [3.05, 3.63) is 51.5 Å². The van der Waals surface area contributed by atoms with Crippen LogP contribution in [0.15, 0.2) is 40.9 Å². The van der Waals surface area contributed by atoms with Crippen molar-refractivity contribution >= 4 is 39.1 Å². The standard InChI is InChI=1S/C18H20BrClN2O3/c1-22(10-12-6-4-5-7-13(12)19)11-18(23)21-15-8-14(20)16(24-2)9-17(15)25-3/h4-9H,10-11H2,1-3H3,(H,21,23). The Morgan fingerprint density at radius 3 is 2.52 bits per heavy atom. The van der Waals surface area contributed by atoms with Crippen LogP contribution in [0.3, 0.4) is 0 Å². The second-order valence-corrected chi connectivity index (χ2v) is 6.76. The van der Waals surface area contributed by atoms with Crippen molar-refractivity contribution in [2.75, 3.05) is 33.1 Å². The number of amides is 1. The maximum absolute atomic E-state index is 12.3. The van der Waals surface area contributed by atoms with Gasteiger partial charge in [-0.25, -0.2) is 0 Å². The van der Waals surface area contributed by atoms with Crippen LogP contribution < -0.4 is 14.8 Å². The van der Waals surface area contributed by atoms with E-state index >= 15 is 0 Å². The number of rotatable bonds is 7. The van der Waals surface area contributed by atoms with Crippen LogP contribution >= 0.6 is 27.5 Å². The number of carbonyl (C=O) groups excluding carboxylic acids is 1. The highest BCUT2D eigenvalue weighted by molar-refractivity contribution is 9.10. The number of carbonyl (C=O) groups is 1. The smallest absolute Gasteiger partial charge is 0.238 e. The molecule has 25 heavy (non-hydrogen) atoms. The Balaban J connectivity index is 2.02. The molecule has 0 fully saturated rings. The molecule has 7 heteroatoms. The molecule has 0 spiro atoms. The highest BCUT2D eigenvalue weighted by Gasteiger charge is 2.14. The Bertz CT molecular complexity index is 755. The van der Waals surface area contributed by atoms with Gasteiger partial charge in [0.25, 0.3) is 0 Å². The lowest BCUT2D eigenvalue weighted by atomic mass is 10.2. The first-order valence-corrected chi connectivity index (χ1v) is 8.75. The lowest BCUT2D eigenvalue weighted by Crippen LogP contribution is -2.30. The summed E-state index contributed by atoms with van der Waals surface area (Å²) >= 11 is 9.64.